The molecule has 1 aliphatic rings. The third-order valence-corrected chi connectivity index (χ3v) is 5.18. The number of ether oxygens (including phenoxy) is 1. The van der Waals surface area contributed by atoms with Crippen LogP contribution in [0.15, 0.2) is 52.5 Å². The van der Waals surface area contributed by atoms with Gasteiger partial charge in [0.1, 0.15) is 10.6 Å². The quantitative estimate of drug-likeness (QED) is 0.796. The van der Waals surface area contributed by atoms with E-state index in [2.05, 4.69) is 5.16 Å². The van der Waals surface area contributed by atoms with Crippen molar-refractivity contribution in [3.05, 3.63) is 59.2 Å². The molecule has 0 aliphatic heterocycles. The SMILES string of the molecule is COc1cccc2c1CCC/C2=N/OS(=O)(=O)c1ccc(C)cc1. The van der Waals surface area contributed by atoms with Gasteiger partial charge in [-0.15, -0.1) is 0 Å². The summed E-state index contributed by atoms with van der Waals surface area (Å²) in [5, 5.41) is 3.94. The van der Waals surface area contributed by atoms with Gasteiger partial charge in [0.25, 0.3) is 0 Å². The highest BCUT2D eigenvalue weighted by Gasteiger charge is 2.21. The van der Waals surface area contributed by atoms with E-state index in [-0.39, 0.29) is 4.90 Å². The second-order valence-corrected chi connectivity index (χ2v) is 7.25. The van der Waals surface area contributed by atoms with E-state index in [4.69, 9.17) is 9.02 Å². The molecule has 6 heteroatoms. The summed E-state index contributed by atoms with van der Waals surface area (Å²) in [6, 6.07) is 12.2. The number of methoxy groups -OCH3 is 1. The second kappa shape index (κ2) is 6.65. The Morgan fingerprint density at radius 3 is 2.50 bits per heavy atom. The molecule has 0 fully saturated rings. The Morgan fingerprint density at radius 1 is 1.04 bits per heavy atom. The molecule has 0 atom stereocenters. The maximum atomic E-state index is 12.3. The van der Waals surface area contributed by atoms with Gasteiger partial charge in [-0.2, -0.15) is 8.42 Å². The first-order valence-electron chi connectivity index (χ1n) is 7.75. The van der Waals surface area contributed by atoms with Crippen molar-refractivity contribution >= 4 is 15.8 Å². The summed E-state index contributed by atoms with van der Waals surface area (Å²) in [7, 11) is -2.29. The van der Waals surface area contributed by atoms with Crippen LogP contribution in [0.25, 0.3) is 0 Å². The topological polar surface area (TPSA) is 65.0 Å². The zero-order valence-electron chi connectivity index (χ0n) is 13.7. The van der Waals surface area contributed by atoms with Gasteiger partial charge in [-0.1, -0.05) is 35.0 Å². The lowest BCUT2D eigenvalue weighted by Gasteiger charge is -2.19. The van der Waals surface area contributed by atoms with E-state index in [9.17, 15) is 8.42 Å². The lowest BCUT2D eigenvalue weighted by Crippen LogP contribution is -2.14. The summed E-state index contributed by atoms with van der Waals surface area (Å²) >= 11 is 0. The van der Waals surface area contributed by atoms with Gasteiger partial charge in [-0.3, -0.25) is 4.28 Å². The van der Waals surface area contributed by atoms with Crippen molar-refractivity contribution in [3.8, 4) is 5.75 Å². The largest absolute Gasteiger partial charge is 0.496 e. The van der Waals surface area contributed by atoms with Crippen LogP contribution in [0.2, 0.25) is 0 Å². The molecule has 0 saturated carbocycles. The molecule has 0 amide bonds. The molecular formula is C18H19NO4S. The monoisotopic (exact) mass is 345 g/mol. The third-order valence-electron chi connectivity index (χ3n) is 4.06. The minimum atomic E-state index is -3.91. The van der Waals surface area contributed by atoms with Crippen LogP contribution in [0.1, 0.15) is 29.5 Å². The molecule has 0 N–H and O–H groups in total. The molecule has 2 aromatic rings. The zero-order valence-corrected chi connectivity index (χ0v) is 14.5. The van der Waals surface area contributed by atoms with E-state index in [1.165, 1.54) is 12.1 Å². The molecule has 2 aromatic carbocycles. The summed E-state index contributed by atoms with van der Waals surface area (Å²) in [6.45, 7) is 1.89. The predicted molar refractivity (Wildman–Crippen MR) is 91.9 cm³/mol. The van der Waals surface area contributed by atoms with Crippen LogP contribution < -0.4 is 4.74 Å². The van der Waals surface area contributed by atoms with Gasteiger partial charge < -0.3 is 4.74 Å². The van der Waals surface area contributed by atoms with Crippen molar-refractivity contribution in [1.82, 2.24) is 0 Å². The molecule has 24 heavy (non-hydrogen) atoms. The van der Waals surface area contributed by atoms with E-state index in [0.717, 1.165) is 35.3 Å². The number of fused-ring (bicyclic) bond motifs is 1. The van der Waals surface area contributed by atoms with E-state index < -0.39 is 10.1 Å². The molecule has 1 aliphatic carbocycles. The summed E-state index contributed by atoms with van der Waals surface area (Å²) in [6.07, 6.45) is 2.42. The molecule has 0 heterocycles. The first-order valence-corrected chi connectivity index (χ1v) is 9.15. The van der Waals surface area contributed by atoms with Gasteiger partial charge in [0, 0.05) is 11.1 Å². The van der Waals surface area contributed by atoms with Crippen molar-refractivity contribution in [1.29, 1.82) is 0 Å². The molecule has 126 valence electrons. The summed E-state index contributed by atoms with van der Waals surface area (Å²) in [5.74, 6) is 0.793. The third kappa shape index (κ3) is 3.28. The number of hydrogen-bond acceptors (Lipinski definition) is 5. The maximum absolute atomic E-state index is 12.3. The van der Waals surface area contributed by atoms with E-state index in [1.54, 1.807) is 19.2 Å². The Morgan fingerprint density at radius 2 is 1.79 bits per heavy atom. The number of benzene rings is 2. The van der Waals surface area contributed by atoms with Gasteiger partial charge in [-0.05, 0) is 44.4 Å². The fourth-order valence-corrected chi connectivity index (χ4v) is 3.53. The second-order valence-electron chi connectivity index (χ2n) is 5.72. The highest BCUT2D eigenvalue weighted by molar-refractivity contribution is 7.86. The van der Waals surface area contributed by atoms with Crippen LogP contribution in [0.5, 0.6) is 5.75 Å². The maximum Gasteiger partial charge on any atom is 0.358 e. The van der Waals surface area contributed by atoms with E-state index >= 15 is 0 Å². The van der Waals surface area contributed by atoms with Crippen LogP contribution in [0.3, 0.4) is 0 Å². The van der Waals surface area contributed by atoms with Crippen molar-refractivity contribution < 1.29 is 17.4 Å². The molecular weight excluding hydrogens is 326 g/mol. The molecule has 0 radical (unpaired) electrons. The smallest absolute Gasteiger partial charge is 0.358 e. The molecule has 0 spiro atoms. The summed E-state index contributed by atoms with van der Waals surface area (Å²) < 4.78 is 34.9. The average Bonchev–Trinajstić information content (AvgIpc) is 2.59. The van der Waals surface area contributed by atoms with Crippen molar-refractivity contribution in [2.75, 3.05) is 7.11 Å². The number of nitrogens with zero attached hydrogens (tertiary/aromatic N) is 1. The lowest BCUT2D eigenvalue weighted by atomic mass is 9.89. The molecule has 0 unspecified atom stereocenters. The fraction of sp³-hybridized carbons (Fsp3) is 0.278. The minimum Gasteiger partial charge on any atom is -0.496 e. The van der Waals surface area contributed by atoms with Crippen LogP contribution in [-0.2, 0) is 20.8 Å². The van der Waals surface area contributed by atoms with Crippen molar-refractivity contribution in [2.45, 2.75) is 31.1 Å². The Bertz CT molecular complexity index is 870. The van der Waals surface area contributed by atoms with Crippen LogP contribution in [0, 0.1) is 6.92 Å². The molecule has 3 rings (SSSR count). The van der Waals surface area contributed by atoms with Gasteiger partial charge in [0.15, 0.2) is 0 Å². The standard InChI is InChI=1S/C18H19NO4S/c1-13-9-11-14(12-10-13)24(20,21)23-19-17-7-3-6-16-15(17)5-4-8-18(16)22-2/h4-5,8-12H,3,6-7H2,1-2H3/b19-17-. The zero-order chi connectivity index (χ0) is 17.2. The molecule has 0 saturated heterocycles. The Balaban J connectivity index is 1.90. The lowest BCUT2D eigenvalue weighted by molar-refractivity contribution is 0.337. The van der Waals surface area contributed by atoms with Crippen LogP contribution in [0.4, 0.5) is 0 Å². The first-order chi connectivity index (χ1) is 11.5. The van der Waals surface area contributed by atoms with Gasteiger partial charge in [0.05, 0.1) is 12.8 Å². The number of oxime groups is 1. The van der Waals surface area contributed by atoms with E-state index in [0.29, 0.717) is 12.1 Å². The Kier molecular flexibility index (Phi) is 4.57. The summed E-state index contributed by atoms with van der Waals surface area (Å²) in [4.78, 5) is 0.0964. The number of rotatable bonds is 4. The van der Waals surface area contributed by atoms with Gasteiger partial charge in [0.2, 0.25) is 0 Å². The van der Waals surface area contributed by atoms with Crippen molar-refractivity contribution in [2.24, 2.45) is 5.16 Å². The van der Waals surface area contributed by atoms with Crippen LogP contribution in [-0.4, -0.2) is 21.2 Å². The van der Waals surface area contributed by atoms with Gasteiger partial charge in [-0.25, -0.2) is 0 Å². The summed E-state index contributed by atoms with van der Waals surface area (Å²) in [5.41, 5.74) is 3.54. The Hall–Kier alpha value is -2.34. The highest BCUT2D eigenvalue weighted by Crippen LogP contribution is 2.30. The minimum absolute atomic E-state index is 0.0964. The van der Waals surface area contributed by atoms with Gasteiger partial charge >= 0.3 is 10.1 Å². The molecule has 0 aromatic heterocycles. The van der Waals surface area contributed by atoms with Crippen molar-refractivity contribution in [3.63, 3.8) is 0 Å². The normalized spacial score (nSPS) is 15.8. The van der Waals surface area contributed by atoms with E-state index in [1.807, 2.05) is 25.1 Å². The Labute approximate surface area is 142 Å². The first kappa shape index (κ1) is 16.5. The number of aryl methyl sites for hydroxylation is 1. The van der Waals surface area contributed by atoms with Crippen LogP contribution >= 0.6 is 0 Å². The fourth-order valence-electron chi connectivity index (χ4n) is 2.79. The number of hydrogen-bond donors (Lipinski definition) is 0. The molecule has 0 bridgehead atoms. The highest BCUT2D eigenvalue weighted by atomic mass is 32.2. The average molecular weight is 345 g/mol. The predicted octanol–water partition coefficient (Wildman–Crippen LogP) is 3.45. The molecule has 5 nitrogen and oxygen atoms in total.